The van der Waals surface area contributed by atoms with Gasteiger partial charge in [0.25, 0.3) is 5.91 Å². The number of rotatable bonds is 3. The van der Waals surface area contributed by atoms with Gasteiger partial charge in [0.05, 0.1) is 13.7 Å². The fraction of sp³-hybridized carbons (Fsp3) is 0.421. The molecule has 0 spiro atoms. The normalized spacial score (nSPS) is 17.1. The van der Waals surface area contributed by atoms with Crippen LogP contribution >= 0.6 is 0 Å². The summed E-state index contributed by atoms with van der Waals surface area (Å²) in [7, 11) is 4.96. The summed E-state index contributed by atoms with van der Waals surface area (Å²) in [5, 5.41) is 3.48. The quantitative estimate of drug-likeness (QED) is 0.856. The lowest BCUT2D eigenvalue weighted by Gasteiger charge is -2.39. The van der Waals surface area contributed by atoms with Crippen molar-refractivity contribution in [1.29, 1.82) is 0 Å². The Morgan fingerprint density at radius 3 is 2.56 bits per heavy atom. The third-order valence-corrected chi connectivity index (χ3v) is 5.09. The lowest BCUT2D eigenvalue weighted by molar-refractivity contribution is -0.141. The first-order chi connectivity index (χ1) is 12.9. The second-order valence-corrected chi connectivity index (χ2v) is 6.61. The Hall–Kier alpha value is -3.03. The molecule has 1 aliphatic heterocycles. The van der Waals surface area contributed by atoms with Crippen LogP contribution in [0.5, 0.6) is 5.75 Å². The number of hydrogen-bond donors (Lipinski definition) is 1. The molecule has 2 heterocycles. The summed E-state index contributed by atoms with van der Waals surface area (Å²) in [6.07, 6.45) is 0. The number of aromatic nitrogens is 1. The lowest BCUT2D eigenvalue weighted by Crippen LogP contribution is -2.61. The number of carbonyl (C=O) groups is 3. The van der Waals surface area contributed by atoms with Crippen molar-refractivity contribution in [2.45, 2.75) is 13.0 Å². The first-order valence-electron chi connectivity index (χ1n) is 8.79. The maximum Gasteiger partial charge on any atom is 0.270 e. The first-order valence-corrected chi connectivity index (χ1v) is 8.79. The molecule has 0 bridgehead atoms. The number of amides is 3. The Balaban J connectivity index is 1.89. The number of nitrogens with zero attached hydrogens (tertiary/aromatic N) is 3. The number of ether oxygens (including phenoxy) is 1. The maximum absolute atomic E-state index is 13.1. The Morgan fingerprint density at radius 1 is 1.19 bits per heavy atom. The molecule has 3 amide bonds. The SMILES string of the molecule is CNC(=O)C1CN(C(=O)c2cc3cc(OC)ccc3n2C)CCN1C(C)=O. The molecule has 0 saturated carbocycles. The van der Waals surface area contributed by atoms with Crippen molar-refractivity contribution in [2.75, 3.05) is 33.8 Å². The molecule has 1 unspecified atom stereocenters. The Bertz CT molecular complexity index is 904. The Morgan fingerprint density at radius 2 is 1.93 bits per heavy atom. The van der Waals surface area contributed by atoms with Gasteiger partial charge in [-0.3, -0.25) is 14.4 Å². The number of methoxy groups -OCH3 is 1. The van der Waals surface area contributed by atoms with Gasteiger partial charge >= 0.3 is 0 Å². The van der Waals surface area contributed by atoms with E-state index in [1.54, 1.807) is 12.0 Å². The van der Waals surface area contributed by atoms with Crippen molar-refractivity contribution in [2.24, 2.45) is 7.05 Å². The van der Waals surface area contributed by atoms with Gasteiger partial charge in [0.15, 0.2) is 0 Å². The van der Waals surface area contributed by atoms with E-state index >= 15 is 0 Å². The predicted octanol–water partition coefficient (Wildman–Crippen LogP) is 0.606. The predicted molar refractivity (Wildman–Crippen MR) is 101 cm³/mol. The average Bonchev–Trinajstić information content (AvgIpc) is 3.01. The van der Waals surface area contributed by atoms with Crippen molar-refractivity contribution < 1.29 is 19.1 Å². The van der Waals surface area contributed by atoms with Crippen LogP contribution in [-0.4, -0.2) is 71.9 Å². The van der Waals surface area contributed by atoms with Crippen LogP contribution in [0.3, 0.4) is 0 Å². The van der Waals surface area contributed by atoms with Crippen LogP contribution < -0.4 is 10.1 Å². The van der Waals surface area contributed by atoms with E-state index in [-0.39, 0.29) is 24.3 Å². The van der Waals surface area contributed by atoms with E-state index in [0.29, 0.717) is 18.8 Å². The van der Waals surface area contributed by atoms with Crippen LogP contribution in [0.2, 0.25) is 0 Å². The zero-order valence-corrected chi connectivity index (χ0v) is 16.0. The molecule has 1 atom stereocenters. The van der Waals surface area contributed by atoms with E-state index in [0.717, 1.165) is 16.7 Å². The molecule has 27 heavy (non-hydrogen) atoms. The molecule has 1 aromatic carbocycles. The molecule has 0 aliphatic carbocycles. The van der Waals surface area contributed by atoms with Gasteiger partial charge in [-0.05, 0) is 24.3 Å². The Labute approximate surface area is 157 Å². The summed E-state index contributed by atoms with van der Waals surface area (Å²) in [5.41, 5.74) is 1.45. The van der Waals surface area contributed by atoms with Crippen LogP contribution in [0.15, 0.2) is 24.3 Å². The summed E-state index contributed by atoms with van der Waals surface area (Å²) in [6.45, 7) is 2.32. The number of benzene rings is 1. The summed E-state index contributed by atoms with van der Waals surface area (Å²) < 4.78 is 7.09. The van der Waals surface area contributed by atoms with Crippen LogP contribution in [0.25, 0.3) is 10.9 Å². The fourth-order valence-electron chi connectivity index (χ4n) is 3.56. The summed E-state index contributed by atoms with van der Waals surface area (Å²) >= 11 is 0. The van der Waals surface area contributed by atoms with E-state index in [1.807, 2.05) is 35.9 Å². The molecule has 2 aromatic rings. The van der Waals surface area contributed by atoms with Crippen molar-refractivity contribution in [3.8, 4) is 5.75 Å². The molecule has 1 saturated heterocycles. The van der Waals surface area contributed by atoms with E-state index in [2.05, 4.69) is 5.32 Å². The molecule has 1 aromatic heterocycles. The third kappa shape index (κ3) is 3.34. The highest BCUT2D eigenvalue weighted by Gasteiger charge is 2.36. The van der Waals surface area contributed by atoms with Crippen molar-refractivity contribution >= 4 is 28.6 Å². The van der Waals surface area contributed by atoms with Gasteiger partial charge in [0.2, 0.25) is 11.8 Å². The number of piperazine rings is 1. The lowest BCUT2D eigenvalue weighted by atomic mass is 10.1. The van der Waals surface area contributed by atoms with Gasteiger partial charge < -0.3 is 24.4 Å². The van der Waals surface area contributed by atoms with Crippen LogP contribution in [0.1, 0.15) is 17.4 Å². The second kappa shape index (κ2) is 7.30. The molecular weight excluding hydrogens is 348 g/mol. The number of carbonyl (C=O) groups excluding carboxylic acids is 3. The number of nitrogens with one attached hydrogen (secondary N) is 1. The monoisotopic (exact) mass is 372 g/mol. The standard InChI is InChI=1S/C19H24N4O4/c1-12(24)23-8-7-22(11-17(23)18(25)20-2)19(26)16-10-13-9-14(27-4)5-6-15(13)21(16)3/h5-6,9-10,17H,7-8,11H2,1-4H3,(H,20,25). The minimum Gasteiger partial charge on any atom is -0.497 e. The summed E-state index contributed by atoms with van der Waals surface area (Å²) in [6, 6.07) is 6.79. The molecule has 1 fully saturated rings. The van der Waals surface area contributed by atoms with E-state index < -0.39 is 6.04 Å². The topological polar surface area (TPSA) is 83.9 Å². The molecule has 1 N–H and O–H groups in total. The molecule has 0 radical (unpaired) electrons. The van der Waals surface area contributed by atoms with E-state index in [4.69, 9.17) is 4.74 Å². The minimum atomic E-state index is -0.681. The smallest absolute Gasteiger partial charge is 0.270 e. The van der Waals surface area contributed by atoms with Crippen molar-refractivity contribution in [3.63, 3.8) is 0 Å². The van der Waals surface area contributed by atoms with E-state index in [9.17, 15) is 14.4 Å². The summed E-state index contributed by atoms with van der Waals surface area (Å²) in [4.78, 5) is 40.3. The zero-order chi connectivity index (χ0) is 19.7. The number of fused-ring (bicyclic) bond motifs is 1. The van der Waals surface area contributed by atoms with Crippen LogP contribution in [-0.2, 0) is 16.6 Å². The van der Waals surface area contributed by atoms with Gasteiger partial charge in [-0.25, -0.2) is 0 Å². The first kappa shape index (κ1) is 18.8. The highest BCUT2D eigenvalue weighted by atomic mass is 16.5. The zero-order valence-electron chi connectivity index (χ0n) is 16.0. The van der Waals surface area contributed by atoms with E-state index in [1.165, 1.54) is 18.9 Å². The number of hydrogen-bond acceptors (Lipinski definition) is 4. The Kier molecular flexibility index (Phi) is 5.07. The molecule has 8 heteroatoms. The summed E-state index contributed by atoms with van der Waals surface area (Å²) in [5.74, 6) is 0.114. The average molecular weight is 372 g/mol. The largest absolute Gasteiger partial charge is 0.497 e. The number of aryl methyl sites for hydroxylation is 1. The van der Waals surface area contributed by atoms with Gasteiger partial charge in [-0.2, -0.15) is 0 Å². The molecule has 3 rings (SSSR count). The van der Waals surface area contributed by atoms with Gasteiger partial charge in [-0.1, -0.05) is 0 Å². The molecule has 8 nitrogen and oxygen atoms in total. The van der Waals surface area contributed by atoms with Crippen LogP contribution in [0, 0.1) is 0 Å². The molecular formula is C19H24N4O4. The third-order valence-electron chi connectivity index (χ3n) is 5.09. The molecule has 1 aliphatic rings. The van der Waals surface area contributed by atoms with Crippen LogP contribution in [0.4, 0.5) is 0 Å². The van der Waals surface area contributed by atoms with Gasteiger partial charge in [0.1, 0.15) is 17.5 Å². The van der Waals surface area contributed by atoms with Gasteiger partial charge in [-0.15, -0.1) is 0 Å². The van der Waals surface area contributed by atoms with Crippen molar-refractivity contribution in [3.05, 3.63) is 30.0 Å². The van der Waals surface area contributed by atoms with Crippen molar-refractivity contribution in [1.82, 2.24) is 19.7 Å². The molecule has 144 valence electrons. The minimum absolute atomic E-state index is 0.162. The number of likely N-dealkylation sites (N-methyl/N-ethyl adjacent to an activating group) is 1. The second-order valence-electron chi connectivity index (χ2n) is 6.61. The van der Waals surface area contributed by atoms with Gasteiger partial charge in [0, 0.05) is 45.0 Å². The maximum atomic E-state index is 13.1. The fourth-order valence-corrected chi connectivity index (χ4v) is 3.56. The highest BCUT2D eigenvalue weighted by molar-refractivity contribution is 5.99. The highest BCUT2D eigenvalue weighted by Crippen LogP contribution is 2.25.